The molecule has 1 N–H and O–H groups in total. The fourth-order valence-electron chi connectivity index (χ4n) is 1.89. The molecule has 1 aromatic carbocycles. The molecule has 7 heteroatoms. The van der Waals surface area contributed by atoms with Crippen molar-refractivity contribution in [3.05, 3.63) is 35.4 Å². The van der Waals surface area contributed by atoms with Crippen molar-refractivity contribution < 1.29 is 13.2 Å². The van der Waals surface area contributed by atoms with Crippen LogP contribution in [-0.4, -0.2) is 38.5 Å². The van der Waals surface area contributed by atoms with Gasteiger partial charge < -0.3 is 5.32 Å². The van der Waals surface area contributed by atoms with Crippen molar-refractivity contribution in [2.24, 2.45) is 0 Å². The predicted octanol–water partition coefficient (Wildman–Crippen LogP) is 1.56. The summed E-state index contributed by atoms with van der Waals surface area (Å²) in [5, 5.41) is 11.8. The number of nitriles is 1. The minimum atomic E-state index is -3.44. The van der Waals surface area contributed by atoms with E-state index in [9.17, 15) is 18.5 Å². The normalized spacial score (nSPS) is 13.4. The first-order chi connectivity index (χ1) is 10.4. The standard InChI is InChI=1S/C16H23N3O3S/c1-16(2,3)13-8-6-12(7-9-13)14(10-17)18-15(20)11-19(4)23(5,21)22/h6-9,14H,11H2,1-5H3,(H,18,20). The van der Waals surface area contributed by atoms with Gasteiger partial charge in [0.25, 0.3) is 0 Å². The number of rotatable bonds is 5. The first-order valence-electron chi connectivity index (χ1n) is 7.16. The van der Waals surface area contributed by atoms with E-state index in [1.165, 1.54) is 7.05 Å². The molecule has 1 atom stereocenters. The summed E-state index contributed by atoms with van der Waals surface area (Å²) in [7, 11) is -2.12. The Morgan fingerprint density at radius 3 is 2.22 bits per heavy atom. The Balaban J connectivity index is 2.82. The van der Waals surface area contributed by atoms with Gasteiger partial charge >= 0.3 is 0 Å². The van der Waals surface area contributed by atoms with Crippen molar-refractivity contribution >= 4 is 15.9 Å². The SMILES string of the molecule is CN(CC(=O)NC(C#N)c1ccc(C(C)(C)C)cc1)S(C)(=O)=O. The van der Waals surface area contributed by atoms with Gasteiger partial charge in [-0.25, -0.2) is 8.42 Å². The van der Waals surface area contributed by atoms with Crippen molar-refractivity contribution in [1.82, 2.24) is 9.62 Å². The van der Waals surface area contributed by atoms with E-state index < -0.39 is 22.0 Å². The van der Waals surface area contributed by atoms with Gasteiger partial charge in [-0.1, -0.05) is 45.0 Å². The van der Waals surface area contributed by atoms with Crippen LogP contribution in [0, 0.1) is 11.3 Å². The van der Waals surface area contributed by atoms with Crippen LogP contribution in [0.4, 0.5) is 0 Å². The van der Waals surface area contributed by atoms with Crippen molar-refractivity contribution in [3.63, 3.8) is 0 Å². The summed E-state index contributed by atoms with van der Waals surface area (Å²) in [5.74, 6) is -0.524. The fraction of sp³-hybridized carbons (Fsp3) is 0.500. The smallest absolute Gasteiger partial charge is 0.236 e. The van der Waals surface area contributed by atoms with Gasteiger partial charge in [0, 0.05) is 7.05 Å². The summed E-state index contributed by atoms with van der Waals surface area (Å²) >= 11 is 0. The van der Waals surface area contributed by atoms with Gasteiger partial charge in [-0.05, 0) is 16.5 Å². The minimum absolute atomic E-state index is 0.00210. The molecule has 0 aliphatic heterocycles. The largest absolute Gasteiger partial charge is 0.335 e. The topological polar surface area (TPSA) is 90.3 Å². The lowest BCUT2D eigenvalue weighted by Crippen LogP contribution is -2.39. The maximum absolute atomic E-state index is 11.9. The lowest BCUT2D eigenvalue weighted by Gasteiger charge is -2.20. The average molecular weight is 337 g/mol. The second kappa shape index (κ2) is 7.11. The van der Waals surface area contributed by atoms with E-state index in [0.717, 1.165) is 16.1 Å². The van der Waals surface area contributed by atoms with Gasteiger partial charge in [0.1, 0.15) is 6.04 Å². The van der Waals surface area contributed by atoms with E-state index >= 15 is 0 Å². The van der Waals surface area contributed by atoms with E-state index in [0.29, 0.717) is 5.56 Å². The number of amides is 1. The number of benzene rings is 1. The summed E-state index contributed by atoms with van der Waals surface area (Å²) in [4.78, 5) is 11.9. The molecule has 1 amide bonds. The van der Waals surface area contributed by atoms with Gasteiger partial charge in [0.05, 0.1) is 18.9 Å². The van der Waals surface area contributed by atoms with Crippen LogP contribution in [0.25, 0.3) is 0 Å². The number of sulfonamides is 1. The number of hydrogen-bond acceptors (Lipinski definition) is 4. The lowest BCUT2D eigenvalue weighted by molar-refractivity contribution is -0.121. The highest BCUT2D eigenvalue weighted by molar-refractivity contribution is 7.88. The van der Waals surface area contributed by atoms with Crippen molar-refractivity contribution in [3.8, 4) is 6.07 Å². The first-order valence-corrected chi connectivity index (χ1v) is 9.00. The van der Waals surface area contributed by atoms with Crippen molar-refractivity contribution in [2.45, 2.75) is 32.2 Å². The molecule has 0 spiro atoms. The number of nitrogens with zero attached hydrogens (tertiary/aromatic N) is 2. The number of hydrogen-bond donors (Lipinski definition) is 1. The Morgan fingerprint density at radius 2 is 1.83 bits per heavy atom. The maximum Gasteiger partial charge on any atom is 0.236 e. The molecule has 126 valence electrons. The molecule has 1 rings (SSSR count). The summed E-state index contributed by atoms with van der Waals surface area (Å²) in [5.41, 5.74) is 1.79. The highest BCUT2D eigenvalue weighted by atomic mass is 32.2. The van der Waals surface area contributed by atoms with Crippen LogP contribution in [0.1, 0.15) is 37.9 Å². The molecule has 0 bridgehead atoms. The highest BCUT2D eigenvalue weighted by Gasteiger charge is 2.20. The summed E-state index contributed by atoms with van der Waals surface area (Å²) in [6.07, 6.45) is 1.02. The third-order valence-corrected chi connectivity index (χ3v) is 4.74. The number of likely N-dealkylation sites (N-methyl/N-ethyl adjacent to an activating group) is 1. The van der Waals surface area contributed by atoms with Crippen LogP contribution in [0.3, 0.4) is 0 Å². The first kappa shape index (κ1) is 19.1. The molecule has 23 heavy (non-hydrogen) atoms. The molecule has 0 saturated carbocycles. The fourth-order valence-corrected chi connectivity index (χ4v) is 2.24. The molecule has 0 saturated heterocycles. The molecule has 0 aromatic heterocycles. The van der Waals surface area contributed by atoms with E-state index in [1.807, 2.05) is 18.2 Å². The molecule has 1 aromatic rings. The molecule has 0 aliphatic rings. The molecular weight excluding hydrogens is 314 g/mol. The molecule has 6 nitrogen and oxygen atoms in total. The van der Waals surface area contributed by atoms with E-state index in [4.69, 9.17) is 0 Å². The Kier molecular flexibility index (Phi) is 5.92. The Hall–Kier alpha value is -1.91. The molecule has 0 heterocycles. The Labute approximate surface area is 138 Å². The van der Waals surface area contributed by atoms with Gasteiger partial charge in [-0.3, -0.25) is 4.79 Å². The molecule has 0 fully saturated rings. The second-order valence-corrected chi connectivity index (χ2v) is 8.61. The van der Waals surface area contributed by atoms with Gasteiger partial charge in [-0.2, -0.15) is 9.57 Å². The minimum Gasteiger partial charge on any atom is -0.335 e. The average Bonchev–Trinajstić information content (AvgIpc) is 2.43. The third kappa shape index (κ3) is 5.66. The van der Waals surface area contributed by atoms with E-state index in [-0.39, 0.29) is 12.0 Å². The maximum atomic E-state index is 11.9. The number of carbonyl (C=O) groups excluding carboxylic acids is 1. The van der Waals surface area contributed by atoms with Crippen LogP contribution < -0.4 is 5.32 Å². The molecule has 1 unspecified atom stereocenters. The zero-order valence-electron chi connectivity index (χ0n) is 14.1. The van der Waals surface area contributed by atoms with Gasteiger partial charge in [0.2, 0.25) is 15.9 Å². The molecule has 0 radical (unpaired) electrons. The van der Waals surface area contributed by atoms with Crippen LogP contribution in [0.15, 0.2) is 24.3 Å². The van der Waals surface area contributed by atoms with E-state index in [2.05, 4.69) is 26.1 Å². The summed E-state index contributed by atoms with van der Waals surface area (Å²) < 4.78 is 23.5. The van der Waals surface area contributed by atoms with Crippen molar-refractivity contribution in [1.29, 1.82) is 5.26 Å². The lowest BCUT2D eigenvalue weighted by atomic mass is 9.86. The van der Waals surface area contributed by atoms with Gasteiger partial charge in [0.15, 0.2) is 0 Å². The van der Waals surface area contributed by atoms with Crippen LogP contribution in [-0.2, 0) is 20.2 Å². The summed E-state index contributed by atoms with van der Waals surface area (Å²) in [6.45, 7) is 5.95. The Bertz CT molecular complexity index is 698. The number of carbonyl (C=O) groups is 1. The van der Waals surface area contributed by atoms with Crippen LogP contribution in [0.5, 0.6) is 0 Å². The molecule has 0 aliphatic carbocycles. The third-order valence-electron chi connectivity index (χ3n) is 3.48. The number of nitrogens with one attached hydrogen (secondary N) is 1. The second-order valence-electron chi connectivity index (χ2n) is 6.52. The highest BCUT2D eigenvalue weighted by Crippen LogP contribution is 2.23. The van der Waals surface area contributed by atoms with Crippen LogP contribution in [0.2, 0.25) is 0 Å². The zero-order valence-corrected chi connectivity index (χ0v) is 14.9. The predicted molar refractivity (Wildman–Crippen MR) is 89.1 cm³/mol. The summed E-state index contributed by atoms with van der Waals surface area (Å²) in [6, 6.07) is 8.66. The van der Waals surface area contributed by atoms with Crippen LogP contribution >= 0.6 is 0 Å². The van der Waals surface area contributed by atoms with Gasteiger partial charge in [-0.15, -0.1) is 0 Å². The molecular formula is C16H23N3O3S. The quantitative estimate of drug-likeness (QED) is 0.883. The monoisotopic (exact) mass is 337 g/mol. The van der Waals surface area contributed by atoms with Crippen molar-refractivity contribution in [2.75, 3.05) is 19.8 Å². The zero-order chi connectivity index (χ0) is 17.8. The van der Waals surface area contributed by atoms with E-state index in [1.54, 1.807) is 12.1 Å². The Morgan fingerprint density at radius 1 is 1.30 bits per heavy atom.